The first-order chi connectivity index (χ1) is 7.83. The van der Waals surface area contributed by atoms with Gasteiger partial charge in [0.25, 0.3) is 0 Å². The van der Waals surface area contributed by atoms with Crippen LogP contribution in [0.4, 0.5) is 0 Å². The predicted octanol–water partition coefficient (Wildman–Crippen LogP) is 5.25. The number of thiazole rings is 1. The van der Waals surface area contributed by atoms with Crippen LogP contribution in [0.3, 0.4) is 0 Å². The Balaban J connectivity index is 2.00. The van der Waals surface area contributed by atoms with Crippen molar-refractivity contribution in [3.63, 3.8) is 0 Å². The van der Waals surface area contributed by atoms with E-state index >= 15 is 0 Å². The zero-order valence-corrected chi connectivity index (χ0v) is 11.2. The highest BCUT2D eigenvalue weighted by Crippen LogP contribution is 2.34. The molecule has 0 atom stereocenters. The fraction of sp³-hybridized carbons (Fsp3) is 0. The van der Waals surface area contributed by atoms with E-state index in [4.69, 9.17) is 11.6 Å². The Bertz CT molecular complexity index is 594. The summed E-state index contributed by atoms with van der Waals surface area (Å²) in [6.45, 7) is 0. The van der Waals surface area contributed by atoms with Gasteiger partial charge in [-0.15, -0.1) is 22.7 Å². The minimum atomic E-state index is 0.806. The molecule has 1 nitrogen and oxygen atoms in total. The number of rotatable bonds is 2. The summed E-state index contributed by atoms with van der Waals surface area (Å²) in [4.78, 5) is 5.74. The topological polar surface area (TPSA) is 12.9 Å². The molecule has 0 saturated carbocycles. The van der Waals surface area contributed by atoms with Gasteiger partial charge in [0.15, 0.2) is 0 Å². The molecule has 0 aliphatic carbocycles. The Labute approximate surface area is 110 Å². The smallest absolute Gasteiger partial charge is 0.124 e. The molecule has 0 fully saturated rings. The lowest BCUT2D eigenvalue weighted by Crippen LogP contribution is -1.72. The second-order valence-corrected chi connectivity index (χ2v) is 6.51. The molecule has 0 radical (unpaired) electrons. The molecule has 3 rings (SSSR count). The summed E-state index contributed by atoms with van der Waals surface area (Å²) in [5, 5.41) is 7.33. The van der Waals surface area contributed by atoms with Crippen LogP contribution in [0.2, 0.25) is 4.34 Å². The third kappa shape index (κ3) is 1.94. The van der Waals surface area contributed by atoms with Crippen molar-refractivity contribution in [2.75, 3.05) is 0 Å². The second kappa shape index (κ2) is 4.30. The van der Waals surface area contributed by atoms with Gasteiger partial charge in [-0.1, -0.05) is 11.6 Å². The van der Waals surface area contributed by atoms with Crippen LogP contribution >= 0.6 is 45.6 Å². The van der Waals surface area contributed by atoms with Crippen molar-refractivity contribution in [1.29, 1.82) is 0 Å². The van der Waals surface area contributed by atoms with Crippen LogP contribution in [0.5, 0.6) is 0 Å². The van der Waals surface area contributed by atoms with Crippen LogP contribution < -0.4 is 0 Å². The molecular formula is C11H6ClNS3. The van der Waals surface area contributed by atoms with Crippen molar-refractivity contribution < 1.29 is 0 Å². The molecule has 5 heteroatoms. The number of halogens is 1. The van der Waals surface area contributed by atoms with Gasteiger partial charge in [0.05, 0.1) is 14.9 Å². The van der Waals surface area contributed by atoms with Crippen molar-refractivity contribution in [1.82, 2.24) is 4.98 Å². The monoisotopic (exact) mass is 283 g/mol. The van der Waals surface area contributed by atoms with Crippen molar-refractivity contribution >= 4 is 45.6 Å². The van der Waals surface area contributed by atoms with Crippen molar-refractivity contribution in [2.45, 2.75) is 0 Å². The van der Waals surface area contributed by atoms with Crippen LogP contribution in [-0.2, 0) is 0 Å². The molecule has 0 unspecified atom stereocenters. The van der Waals surface area contributed by atoms with E-state index in [9.17, 15) is 0 Å². The first-order valence-electron chi connectivity index (χ1n) is 4.57. The highest BCUT2D eigenvalue weighted by molar-refractivity contribution is 7.20. The van der Waals surface area contributed by atoms with E-state index in [1.807, 2.05) is 12.1 Å². The van der Waals surface area contributed by atoms with E-state index in [1.54, 1.807) is 34.0 Å². The number of thiophene rings is 2. The molecule has 0 spiro atoms. The molecule has 3 heterocycles. The van der Waals surface area contributed by atoms with Gasteiger partial charge in [-0.25, -0.2) is 4.98 Å². The molecule has 0 N–H and O–H groups in total. The van der Waals surface area contributed by atoms with Crippen LogP contribution in [0.15, 0.2) is 34.3 Å². The third-order valence-electron chi connectivity index (χ3n) is 2.10. The molecule has 0 bridgehead atoms. The summed E-state index contributed by atoms with van der Waals surface area (Å²) < 4.78 is 0.806. The molecule has 3 aromatic heterocycles. The van der Waals surface area contributed by atoms with E-state index in [-0.39, 0.29) is 0 Å². The summed E-state index contributed by atoms with van der Waals surface area (Å²) in [5.41, 5.74) is 2.21. The summed E-state index contributed by atoms with van der Waals surface area (Å²) >= 11 is 10.8. The molecule has 0 aromatic carbocycles. The Hall–Kier alpha value is -0.680. The van der Waals surface area contributed by atoms with Crippen molar-refractivity contribution in [3.05, 3.63) is 38.7 Å². The fourth-order valence-electron chi connectivity index (χ4n) is 1.36. The van der Waals surface area contributed by atoms with Gasteiger partial charge >= 0.3 is 0 Å². The Kier molecular flexibility index (Phi) is 2.81. The number of aromatic nitrogens is 1. The van der Waals surface area contributed by atoms with Crippen LogP contribution in [0, 0.1) is 0 Å². The molecule has 0 saturated heterocycles. The van der Waals surface area contributed by atoms with Gasteiger partial charge in [0.1, 0.15) is 5.01 Å². The average molecular weight is 284 g/mol. The number of hydrogen-bond donors (Lipinski definition) is 0. The predicted molar refractivity (Wildman–Crippen MR) is 73.8 cm³/mol. The minimum absolute atomic E-state index is 0.806. The number of hydrogen-bond acceptors (Lipinski definition) is 4. The Morgan fingerprint density at radius 3 is 2.75 bits per heavy atom. The number of nitrogens with zero attached hydrogens (tertiary/aromatic N) is 1. The molecule has 0 aliphatic rings. The van der Waals surface area contributed by atoms with Crippen molar-refractivity contribution in [2.24, 2.45) is 0 Å². The van der Waals surface area contributed by atoms with E-state index in [1.165, 1.54) is 5.56 Å². The normalized spacial score (nSPS) is 10.8. The maximum atomic E-state index is 5.91. The maximum absolute atomic E-state index is 5.91. The lowest BCUT2D eigenvalue weighted by Gasteiger charge is -1.88. The summed E-state index contributed by atoms with van der Waals surface area (Å²) in [6.07, 6.45) is 0. The summed E-state index contributed by atoms with van der Waals surface area (Å²) in [5.74, 6) is 0. The lowest BCUT2D eigenvalue weighted by molar-refractivity contribution is 1.43. The Morgan fingerprint density at radius 2 is 2.06 bits per heavy atom. The molecule has 3 aromatic rings. The zero-order chi connectivity index (χ0) is 11.0. The summed E-state index contributed by atoms with van der Waals surface area (Å²) in [6, 6.07) is 6.01. The van der Waals surface area contributed by atoms with Crippen LogP contribution in [-0.4, -0.2) is 4.98 Å². The first kappa shape index (κ1) is 10.5. The standard InChI is InChI=1S/C11H6ClNS3/c12-10-2-1-9(16-10)8-6-15-11(13-8)7-3-4-14-5-7/h1-6H. The van der Waals surface area contributed by atoms with Crippen LogP contribution in [0.25, 0.3) is 21.1 Å². The van der Waals surface area contributed by atoms with Gasteiger partial charge in [-0.3, -0.25) is 0 Å². The largest absolute Gasteiger partial charge is 0.235 e. The van der Waals surface area contributed by atoms with Gasteiger partial charge < -0.3 is 0 Å². The van der Waals surface area contributed by atoms with Gasteiger partial charge in [0, 0.05) is 16.3 Å². The molecular weight excluding hydrogens is 278 g/mol. The quantitative estimate of drug-likeness (QED) is 0.626. The van der Waals surface area contributed by atoms with Gasteiger partial charge in [0.2, 0.25) is 0 Å². The van der Waals surface area contributed by atoms with E-state index in [0.29, 0.717) is 0 Å². The molecule has 0 amide bonds. The molecule has 0 aliphatic heterocycles. The third-order valence-corrected chi connectivity index (χ3v) is 4.93. The molecule has 80 valence electrons. The van der Waals surface area contributed by atoms with E-state index < -0.39 is 0 Å². The molecule has 16 heavy (non-hydrogen) atoms. The first-order valence-corrected chi connectivity index (χ1v) is 7.58. The van der Waals surface area contributed by atoms with Gasteiger partial charge in [-0.2, -0.15) is 11.3 Å². The summed E-state index contributed by atoms with van der Waals surface area (Å²) in [7, 11) is 0. The maximum Gasteiger partial charge on any atom is 0.124 e. The van der Waals surface area contributed by atoms with Crippen molar-refractivity contribution in [3.8, 4) is 21.1 Å². The zero-order valence-electron chi connectivity index (χ0n) is 8.01. The lowest BCUT2D eigenvalue weighted by atomic mass is 10.3. The van der Waals surface area contributed by atoms with Crippen LogP contribution in [0.1, 0.15) is 0 Å². The fourth-order valence-corrected chi connectivity index (χ4v) is 3.97. The SMILES string of the molecule is Clc1ccc(-c2csc(-c3ccsc3)n2)s1. The van der Waals surface area contributed by atoms with E-state index in [0.717, 1.165) is 19.9 Å². The second-order valence-electron chi connectivity index (χ2n) is 3.15. The highest BCUT2D eigenvalue weighted by Gasteiger charge is 2.08. The average Bonchev–Trinajstić information content (AvgIpc) is 2.97. The highest BCUT2D eigenvalue weighted by atomic mass is 35.5. The van der Waals surface area contributed by atoms with E-state index in [2.05, 4.69) is 27.2 Å². The minimum Gasteiger partial charge on any atom is -0.235 e. The van der Waals surface area contributed by atoms with Gasteiger partial charge in [-0.05, 0) is 23.6 Å². The Morgan fingerprint density at radius 1 is 1.12 bits per heavy atom.